The van der Waals surface area contributed by atoms with Gasteiger partial charge in [-0.05, 0) is 37.5 Å². The second-order valence-electron chi connectivity index (χ2n) is 6.73. The Balaban J connectivity index is 1.35. The molecule has 3 aromatic rings. The SMILES string of the molecule is Cn1cc(C(=O)N[C@H]2CC[C@H](Nc3nccc(-c4ccncc4)n3)C2)cn1. The van der Waals surface area contributed by atoms with Crippen molar-refractivity contribution in [1.82, 2.24) is 30.0 Å². The van der Waals surface area contributed by atoms with Crippen LogP contribution in [0.1, 0.15) is 29.6 Å². The zero-order valence-corrected chi connectivity index (χ0v) is 15.0. The van der Waals surface area contributed by atoms with Crippen molar-refractivity contribution in [1.29, 1.82) is 0 Å². The molecule has 0 radical (unpaired) electrons. The number of carbonyl (C=O) groups excluding carboxylic acids is 1. The molecule has 0 aromatic carbocycles. The second-order valence-corrected chi connectivity index (χ2v) is 6.73. The third kappa shape index (κ3) is 4.11. The summed E-state index contributed by atoms with van der Waals surface area (Å²) in [5.74, 6) is 0.526. The quantitative estimate of drug-likeness (QED) is 0.720. The number of pyridine rings is 1. The largest absolute Gasteiger partial charge is 0.351 e. The summed E-state index contributed by atoms with van der Waals surface area (Å²) in [6.45, 7) is 0. The highest BCUT2D eigenvalue weighted by atomic mass is 16.1. The average molecular weight is 363 g/mol. The number of aromatic nitrogens is 5. The highest BCUT2D eigenvalue weighted by Gasteiger charge is 2.27. The van der Waals surface area contributed by atoms with Crippen LogP contribution in [-0.2, 0) is 7.05 Å². The molecule has 1 aliphatic rings. The number of hydrogen-bond acceptors (Lipinski definition) is 6. The summed E-state index contributed by atoms with van der Waals surface area (Å²) in [6.07, 6.45) is 11.3. The zero-order valence-electron chi connectivity index (χ0n) is 15.0. The van der Waals surface area contributed by atoms with Crippen LogP contribution in [0.5, 0.6) is 0 Å². The van der Waals surface area contributed by atoms with Crippen molar-refractivity contribution >= 4 is 11.9 Å². The van der Waals surface area contributed by atoms with E-state index in [1.165, 1.54) is 0 Å². The first-order chi connectivity index (χ1) is 13.2. The first kappa shape index (κ1) is 17.1. The molecule has 1 aliphatic carbocycles. The van der Waals surface area contributed by atoms with Gasteiger partial charge in [-0.2, -0.15) is 5.10 Å². The van der Waals surface area contributed by atoms with E-state index in [1.807, 2.05) is 18.2 Å². The Hall–Kier alpha value is -3.29. The number of rotatable bonds is 5. The molecule has 8 nitrogen and oxygen atoms in total. The van der Waals surface area contributed by atoms with E-state index < -0.39 is 0 Å². The van der Waals surface area contributed by atoms with Gasteiger partial charge < -0.3 is 10.6 Å². The summed E-state index contributed by atoms with van der Waals surface area (Å²) in [6, 6.07) is 6.10. The molecule has 0 spiro atoms. The summed E-state index contributed by atoms with van der Waals surface area (Å²) in [5.41, 5.74) is 2.44. The van der Waals surface area contributed by atoms with Crippen LogP contribution in [0.25, 0.3) is 11.3 Å². The number of carbonyl (C=O) groups is 1. The molecule has 2 atom stereocenters. The van der Waals surface area contributed by atoms with Crippen LogP contribution in [0.4, 0.5) is 5.95 Å². The third-order valence-corrected chi connectivity index (χ3v) is 4.70. The lowest BCUT2D eigenvalue weighted by molar-refractivity contribution is 0.0937. The molecule has 4 rings (SSSR count). The number of amides is 1. The Morgan fingerprint density at radius 2 is 1.96 bits per heavy atom. The number of nitrogens with zero attached hydrogens (tertiary/aromatic N) is 5. The molecule has 138 valence electrons. The van der Waals surface area contributed by atoms with E-state index in [0.717, 1.165) is 30.5 Å². The van der Waals surface area contributed by atoms with Crippen LogP contribution >= 0.6 is 0 Å². The van der Waals surface area contributed by atoms with Crippen molar-refractivity contribution in [3.05, 3.63) is 54.7 Å². The van der Waals surface area contributed by atoms with Crippen molar-refractivity contribution in [2.24, 2.45) is 7.05 Å². The van der Waals surface area contributed by atoms with Crippen LogP contribution in [-0.4, -0.2) is 42.7 Å². The summed E-state index contributed by atoms with van der Waals surface area (Å²) >= 11 is 0. The van der Waals surface area contributed by atoms with E-state index in [-0.39, 0.29) is 18.0 Å². The maximum atomic E-state index is 12.3. The van der Waals surface area contributed by atoms with Gasteiger partial charge >= 0.3 is 0 Å². The standard InChI is InChI=1S/C19H21N7O/c1-26-12-14(11-22-26)18(27)23-15-2-3-16(10-15)24-19-21-9-6-17(25-19)13-4-7-20-8-5-13/h4-9,11-12,15-16H,2-3,10H2,1H3,(H,23,27)(H,21,24,25)/t15-,16-/m0/s1. The van der Waals surface area contributed by atoms with Crippen LogP contribution in [0.2, 0.25) is 0 Å². The van der Waals surface area contributed by atoms with Crippen molar-refractivity contribution in [3.63, 3.8) is 0 Å². The molecule has 1 fully saturated rings. The van der Waals surface area contributed by atoms with Crippen LogP contribution < -0.4 is 10.6 Å². The number of anilines is 1. The molecule has 1 saturated carbocycles. The maximum Gasteiger partial charge on any atom is 0.254 e. The summed E-state index contributed by atoms with van der Waals surface area (Å²) in [5, 5.41) is 10.5. The Bertz CT molecular complexity index is 925. The van der Waals surface area contributed by atoms with Gasteiger partial charge in [0.05, 0.1) is 17.5 Å². The minimum atomic E-state index is -0.0790. The Labute approximate surface area is 157 Å². The highest BCUT2D eigenvalue weighted by molar-refractivity contribution is 5.93. The highest BCUT2D eigenvalue weighted by Crippen LogP contribution is 2.23. The Morgan fingerprint density at radius 3 is 2.74 bits per heavy atom. The van der Waals surface area contributed by atoms with Crippen LogP contribution in [0.15, 0.2) is 49.2 Å². The van der Waals surface area contributed by atoms with Crippen molar-refractivity contribution in [2.75, 3.05) is 5.32 Å². The second kappa shape index (κ2) is 7.53. The van der Waals surface area contributed by atoms with Gasteiger partial charge in [0.25, 0.3) is 5.91 Å². The van der Waals surface area contributed by atoms with Gasteiger partial charge in [-0.25, -0.2) is 9.97 Å². The third-order valence-electron chi connectivity index (χ3n) is 4.70. The van der Waals surface area contributed by atoms with Gasteiger partial charge in [0.2, 0.25) is 5.95 Å². The topological polar surface area (TPSA) is 97.6 Å². The van der Waals surface area contributed by atoms with E-state index in [0.29, 0.717) is 11.5 Å². The molecule has 8 heteroatoms. The lowest BCUT2D eigenvalue weighted by atomic mass is 10.2. The molecule has 3 aromatic heterocycles. The predicted molar refractivity (Wildman–Crippen MR) is 101 cm³/mol. The molecule has 0 bridgehead atoms. The van der Waals surface area contributed by atoms with E-state index in [9.17, 15) is 4.79 Å². The van der Waals surface area contributed by atoms with Gasteiger partial charge in [0.15, 0.2) is 0 Å². The van der Waals surface area contributed by atoms with Crippen molar-refractivity contribution in [2.45, 2.75) is 31.3 Å². The lowest BCUT2D eigenvalue weighted by Gasteiger charge is -2.14. The first-order valence-corrected chi connectivity index (χ1v) is 8.97. The van der Waals surface area contributed by atoms with Gasteiger partial charge in [-0.3, -0.25) is 14.5 Å². The molecular weight excluding hydrogens is 342 g/mol. The van der Waals surface area contributed by atoms with Gasteiger partial charge in [0.1, 0.15) is 0 Å². The van der Waals surface area contributed by atoms with Gasteiger partial charge in [-0.15, -0.1) is 0 Å². The molecule has 2 N–H and O–H groups in total. The average Bonchev–Trinajstić information content (AvgIpc) is 3.32. The summed E-state index contributed by atoms with van der Waals surface area (Å²) in [4.78, 5) is 25.2. The van der Waals surface area contributed by atoms with Gasteiger partial charge in [-0.1, -0.05) is 0 Å². The maximum absolute atomic E-state index is 12.3. The van der Waals surface area contributed by atoms with E-state index in [1.54, 1.807) is 42.7 Å². The fourth-order valence-electron chi connectivity index (χ4n) is 3.35. The van der Waals surface area contributed by atoms with Gasteiger partial charge in [0, 0.05) is 49.5 Å². The molecule has 1 amide bonds. The molecular formula is C19H21N7O. The fourth-order valence-corrected chi connectivity index (χ4v) is 3.35. The van der Waals surface area contributed by atoms with Crippen molar-refractivity contribution < 1.29 is 4.79 Å². The first-order valence-electron chi connectivity index (χ1n) is 8.97. The molecule has 0 saturated heterocycles. The molecule has 27 heavy (non-hydrogen) atoms. The zero-order chi connectivity index (χ0) is 18.6. The number of aryl methyl sites for hydroxylation is 1. The fraction of sp³-hybridized carbons (Fsp3) is 0.316. The minimum Gasteiger partial charge on any atom is -0.351 e. The van der Waals surface area contributed by atoms with Crippen LogP contribution in [0.3, 0.4) is 0 Å². The Kier molecular flexibility index (Phi) is 4.78. The van der Waals surface area contributed by atoms with E-state index in [4.69, 9.17) is 0 Å². The summed E-state index contributed by atoms with van der Waals surface area (Å²) in [7, 11) is 1.80. The normalized spacial score (nSPS) is 19.0. The predicted octanol–water partition coefficient (Wildman–Crippen LogP) is 2.04. The minimum absolute atomic E-state index is 0.0790. The molecule has 0 aliphatic heterocycles. The van der Waals surface area contributed by atoms with Crippen molar-refractivity contribution in [3.8, 4) is 11.3 Å². The number of nitrogens with one attached hydrogen (secondary N) is 2. The smallest absolute Gasteiger partial charge is 0.254 e. The molecule has 0 unspecified atom stereocenters. The number of hydrogen-bond donors (Lipinski definition) is 2. The van der Waals surface area contributed by atoms with Crippen LogP contribution in [0, 0.1) is 0 Å². The molecule has 3 heterocycles. The Morgan fingerprint density at radius 1 is 1.15 bits per heavy atom. The summed E-state index contributed by atoms with van der Waals surface area (Å²) < 4.78 is 1.63. The monoisotopic (exact) mass is 363 g/mol. The van der Waals surface area contributed by atoms with E-state index >= 15 is 0 Å². The lowest BCUT2D eigenvalue weighted by Crippen LogP contribution is -2.33. The van der Waals surface area contributed by atoms with E-state index in [2.05, 4.69) is 30.7 Å².